The number of methoxy groups -OCH3 is 1. The zero-order valence-electron chi connectivity index (χ0n) is 13.8. The molecule has 1 atom stereocenters. The highest BCUT2D eigenvalue weighted by atomic mass is 79.9. The van der Waals surface area contributed by atoms with Crippen molar-refractivity contribution in [2.24, 2.45) is 0 Å². The number of halogens is 1. The first-order valence-electron chi connectivity index (χ1n) is 7.65. The maximum Gasteiger partial charge on any atom is 0.421 e. The number of hydrazine groups is 1. The summed E-state index contributed by atoms with van der Waals surface area (Å²) in [6.07, 6.45) is -0.319. The molecule has 1 aromatic rings. The van der Waals surface area contributed by atoms with E-state index in [-0.39, 0.29) is 6.54 Å². The number of aliphatic hydroxyl groups excluding tert-OH is 1. The summed E-state index contributed by atoms with van der Waals surface area (Å²) >= 11 is 3.35. The molecule has 1 unspecified atom stereocenters. The van der Waals surface area contributed by atoms with Crippen LogP contribution in [0.5, 0.6) is 0 Å². The number of benzene rings is 1. The molecule has 0 aliphatic heterocycles. The number of rotatable bonds is 9. The number of nitrogens with one attached hydrogen (secondary N) is 1. The Morgan fingerprint density at radius 1 is 1.33 bits per heavy atom. The monoisotopic (exact) mass is 402 g/mol. The van der Waals surface area contributed by atoms with E-state index in [9.17, 15) is 14.7 Å². The van der Waals surface area contributed by atoms with Gasteiger partial charge in [-0.15, -0.1) is 0 Å². The van der Waals surface area contributed by atoms with Gasteiger partial charge in [-0.3, -0.25) is 5.43 Å². The van der Waals surface area contributed by atoms with Crippen molar-refractivity contribution in [1.82, 2.24) is 10.4 Å². The van der Waals surface area contributed by atoms with Crippen molar-refractivity contribution in [2.75, 3.05) is 20.3 Å². The Balaban J connectivity index is 2.68. The highest BCUT2D eigenvalue weighted by Crippen LogP contribution is 2.12. The lowest BCUT2D eigenvalue weighted by molar-refractivity contribution is -0.151. The molecular formula is C16H23BrN2O5. The Morgan fingerprint density at radius 3 is 2.58 bits per heavy atom. The van der Waals surface area contributed by atoms with E-state index in [1.54, 1.807) is 0 Å². The third-order valence-corrected chi connectivity index (χ3v) is 3.66. The van der Waals surface area contributed by atoms with Gasteiger partial charge in [0.15, 0.2) is 6.10 Å². The fraction of sp³-hybridized carbons (Fsp3) is 0.500. The van der Waals surface area contributed by atoms with Crippen LogP contribution in [-0.2, 0) is 20.8 Å². The number of unbranched alkanes of at least 4 members (excludes halogenated alkanes) is 1. The number of esters is 1. The molecule has 0 heterocycles. The number of nitrogens with zero attached hydrogens (tertiary/aromatic N) is 1. The van der Waals surface area contributed by atoms with Crippen LogP contribution in [0.25, 0.3) is 0 Å². The number of amides is 1. The molecule has 7 nitrogen and oxygen atoms in total. The molecule has 0 radical (unpaired) electrons. The number of hydrogen-bond acceptors (Lipinski definition) is 6. The van der Waals surface area contributed by atoms with Gasteiger partial charge in [-0.25, -0.2) is 14.6 Å². The summed E-state index contributed by atoms with van der Waals surface area (Å²) in [6, 6.07) is 7.46. The maximum absolute atomic E-state index is 11.8. The normalized spacial score (nSPS) is 11.9. The van der Waals surface area contributed by atoms with Crippen molar-refractivity contribution in [1.29, 1.82) is 0 Å². The Bertz CT molecular complexity index is 524. The first-order valence-corrected chi connectivity index (χ1v) is 8.44. The van der Waals surface area contributed by atoms with Crippen molar-refractivity contribution in [3.63, 3.8) is 0 Å². The van der Waals surface area contributed by atoms with Crippen molar-refractivity contribution in [2.45, 2.75) is 32.4 Å². The number of carbonyl (C=O) groups is 2. The Morgan fingerprint density at radius 2 is 2.00 bits per heavy atom. The van der Waals surface area contributed by atoms with Crippen LogP contribution in [0.15, 0.2) is 28.7 Å². The second-order valence-electron chi connectivity index (χ2n) is 5.15. The Kier molecular flexibility index (Phi) is 9.36. The smallest absolute Gasteiger partial charge is 0.421 e. The highest BCUT2D eigenvalue weighted by Gasteiger charge is 2.21. The molecule has 2 N–H and O–H groups in total. The van der Waals surface area contributed by atoms with Crippen LogP contribution in [0.3, 0.4) is 0 Å². The summed E-state index contributed by atoms with van der Waals surface area (Å²) in [5.41, 5.74) is 3.43. The topological polar surface area (TPSA) is 88.1 Å². The Hall–Kier alpha value is -1.64. The number of ether oxygens (including phenoxy) is 2. The minimum atomic E-state index is -1.37. The minimum absolute atomic E-state index is 0.119. The number of carbonyl (C=O) groups excluding carboxylic acids is 2. The highest BCUT2D eigenvalue weighted by molar-refractivity contribution is 9.10. The second-order valence-corrected chi connectivity index (χ2v) is 6.06. The van der Waals surface area contributed by atoms with Gasteiger partial charge in [0, 0.05) is 11.0 Å². The van der Waals surface area contributed by atoms with Gasteiger partial charge in [0.25, 0.3) is 0 Å². The second kappa shape index (κ2) is 11.0. The van der Waals surface area contributed by atoms with Crippen LogP contribution in [0.2, 0.25) is 0 Å². The van der Waals surface area contributed by atoms with Gasteiger partial charge in [0.1, 0.15) is 0 Å². The third kappa shape index (κ3) is 7.76. The maximum atomic E-state index is 11.8. The quantitative estimate of drug-likeness (QED) is 0.374. The predicted molar refractivity (Wildman–Crippen MR) is 92.0 cm³/mol. The third-order valence-electron chi connectivity index (χ3n) is 3.13. The van der Waals surface area contributed by atoms with Crippen LogP contribution in [0.4, 0.5) is 4.79 Å². The molecule has 1 amide bonds. The first kappa shape index (κ1) is 20.4. The molecular weight excluding hydrogens is 380 g/mol. The van der Waals surface area contributed by atoms with E-state index in [1.807, 2.05) is 31.2 Å². The minimum Gasteiger partial charge on any atom is -0.467 e. The fourth-order valence-corrected chi connectivity index (χ4v) is 2.11. The van der Waals surface area contributed by atoms with Gasteiger partial charge in [-0.1, -0.05) is 41.4 Å². The van der Waals surface area contributed by atoms with Crippen molar-refractivity contribution < 1.29 is 24.2 Å². The number of hydrogen-bond donors (Lipinski definition) is 2. The molecule has 24 heavy (non-hydrogen) atoms. The van der Waals surface area contributed by atoms with Gasteiger partial charge in [-0.2, -0.15) is 0 Å². The van der Waals surface area contributed by atoms with Crippen molar-refractivity contribution in [3.8, 4) is 0 Å². The van der Waals surface area contributed by atoms with Crippen molar-refractivity contribution >= 4 is 28.0 Å². The van der Waals surface area contributed by atoms with Gasteiger partial charge in [0.2, 0.25) is 0 Å². The molecule has 0 spiro atoms. The molecule has 0 aromatic heterocycles. The lowest BCUT2D eigenvalue weighted by Gasteiger charge is -2.24. The van der Waals surface area contributed by atoms with Gasteiger partial charge in [0.05, 0.1) is 20.3 Å². The van der Waals surface area contributed by atoms with Gasteiger partial charge in [-0.05, 0) is 24.1 Å². The molecule has 0 aliphatic carbocycles. The average molecular weight is 403 g/mol. The van der Waals surface area contributed by atoms with E-state index in [0.29, 0.717) is 13.2 Å². The largest absolute Gasteiger partial charge is 0.467 e. The zero-order chi connectivity index (χ0) is 17.9. The summed E-state index contributed by atoms with van der Waals surface area (Å²) in [5.74, 6) is -0.767. The molecule has 8 heteroatoms. The molecule has 0 saturated heterocycles. The van der Waals surface area contributed by atoms with Crippen LogP contribution < -0.4 is 5.43 Å². The molecule has 0 saturated carbocycles. The molecule has 0 aliphatic rings. The standard InChI is InChI=1S/C16H23BrN2O5/c1-3-4-9-24-16(22)18-19(11-14(20)15(21)23-2)10-12-5-7-13(17)8-6-12/h5-8,14,20H,3-4,9-11H2,1-2H3,(H,18,22). The Labute approximate surface area is 150 Å². The van der Waals surface area contributed by atoms with Gasteiger partial charge >= 0.3 is 12.1 Å². The SMILES string of the molecule is CCCCOC(=O)NN(Cc1ccc(Br)cc1)CC(O)C(=O)OC. The van der Waals surface area contributed by atoms with Crippen LogP contribution in [-0.4, -0.2) is 48.5 Å². The molecule has 0 bridgehead atoms. The first-order chi connectivity index (χ1) is 11.5. The summed E-state index contributed by atoms with van der Waals surface area (Å²) in [7, 11) is 1.19. The van der Waals surface area contributed by atoms with E-state index in [0.717, 1.165) is 22.9 Å². The molecule has 1 rings (SSSR count). The van der Waals surface area contributed by atoms with E-state index in [1.165, 1.54) is 12.1 Å². The fourth-order valence-electron chi connectivity index (χ4n) is 1.85. The van der Waals surface area contributed by atoms with E-state index in [4.69, 9.17) is 4.74 Å². The summed E-state index contributed by atoms with van der Waals surface area (Å²) in [5, 5.41) is 11.2. The average Bonchev–Trinajstić information content (AvgIpc) is 2.56. The van der Waals surface area contributed by atoms with Crippen LogP contribution in [0, 0.1) is 0 Å². The van der Waals surface area contributed by atoms with Crippen LogP contribution >= 0.6 is 15.9 Å². The molecule has 0 fully saturated rings. The van der Waals surface area contributed by atoms with Crippen molar-refractivity contribution in [3.05, 3.63) is 34.3 Å². The van der Waals surface area contributed by atoms with E-state index < -0.39 is 18.2 Å². The molecule has 134 valence electrons. The van der Waals surface area contributed by atoms with E-state index >= 15 is 0 Å². The predicted octanol–water partition coefficient (Wildman–Crippen LogP) is 2.23. The van der Waals surface area contributed by atoms with E-state index in [2.05, 4.69) is 26.1 Å². The molecule has 1 aromatic carbocycles. The lowest BCUT2D eigenvalue weighted by atomic mass is 10.2. The van der Waals surface area contributed by atoms with Gasteiger partial charge < -0.3 is 14.6 Å². The summed E-state index contributed by atoms with van der Waals surface area (Å²) in [4.78, 5) is 23.2. The lowest BCUT2D eigenvalue weighted by Crippen LogP contribution is -2.47. The summed E-state index contributed by atoms with van der Waals surface area (Å²) < 4.78 is 10.5. The number of aliphatic hydroxyl groups is 1. The zero-order valence-corrected chi connectivity index (χ0v) is 15.4. The van der Waals surface area contributed by atoms with Crippen LogP contribution in [0.1, 0.15) is 25.3 Å². The summed E-state index contributed by atoms with van der Waals surface area (Å²) in [6.45, 7) is 2.48.